The van der Waals surface area contributed by atoms with E-state index in [0.717, 1.165) is 23.2 Å². The molecule has 1 atom stereocenters. The molecule has 1 aliphatic heterocycles. The van der Waals surface area contributed by atoms with Crippen LogP contribution in [0.5, 0.6) is 11.5 Å². The van der Waals surface area contributed by atoms with Gasteiger partial charge < -0.3 is 24.4 Å². The number of nitrogens with zero attached hydrogens (tertiary/aromatic N) is 2. The van der Waals surface area contributed by atoms with Gasteiger partial charge in [-0.05, 0) is 87.9 Å². The molecule has 1 fully saturated rings. The second-order valence-electron chi connectivity index (χ2n) is 9.91. The Balaban J connectivity index is 1.67. The first kappa shape index (κ1) is 27.9. The van der Waals surface area contributed by atoms with Crippen molar-refractivity contribution in [2.45, 2.75) is 32.9 Å². The first-order valence-electron chi connectivity index (χ1n) is 13.2. The van der Waals surface area contributed by atoms with Crippen molar-refractivity contribution >= 4 is 17.4 Å². The number of carbonyl (C=O) groups excluding carboxylic acids is 2. The first-order valence-corrected chi connectivity index (χ1v) is 13.2. The number of rotatable bonds is 11. The van der Waals surface area contributed by atoms with Crippen molar-refractivity contribution in [3.05, 3.63) is 101 Å². The van der Waals surface area contributed by atoms with Gasteiger partial charge in [0.2, 0.25) is 0 Å². The third kappa shape index (κ3) is 6.49. The van der Waals surface area contributed by atoms with E-state index in [-0.39, 0.29) is 11.3 Å². The lowest BCUT2D eigenvalue weighted by molar-refractivity contribution is -0.139. The lowest BCUT2D eigenvalue weighted by atomic mass is 9.94. The number of Topliss-reactive ketones (excluding diaryl/α,β-unsaturated/α-hetero) is 1. The maximum atomic E-state index is 13.3. The maximum absolute atomic E-state index is 13.3. The van der Waals surface area contributed by atoms with Gasteiger partial charge in [-0.1, -0.05) is 42.5 Å². The van der Waals surface area contributed by atoms with Crippen LogP contribution in [0.25, 0.3) is 5.76 Å². The number of carbonyl (C=O) groups is 2. The summed E-state index contributed by atoms with van der Waals surface area (Å²) < 4.78 is 11.6. The first-order chi connectivity index (χ1) is 18.8. The lowest BCUT2D eigenvalue weighted by Crippen LogP contribution is -2.32. The fraction of sp³-hybridized carbons (Fsp3) is 0.312. The van der Waals surface area contributed by atoms with E-state index in [0.29, 0.717) is 43.2 Å². The number of aliphatic hydroxyl groups is 1. The molecule has 3 aromatic rings. The Bertz CT molecular complexity index is 1330. The van der Waals surface area contributed by atoms with Crippen molar-refractivity contribution in [1.29, 1.82) is 0 Å². The van der Waals surface area contributed by atoms with Crippen molar-refractivity contribution in [2.24, 2.45) is 0 Å². The Labute approximate surface area is 230 Å². The van der Waals surface area contributed by atoms with Crippen LogP contribution in [0.1, 0.15) is 41.6 Å². The highest BCUT2D eigenvalue weighted by Crippen LogP contribution is 2.40. The van der Waals surface area contributed by atoms with Crippen LogP contribution in [0.3, 0.4) is 0 Å². The van der Waals surface area contributed by atoms with E-state index >= 15 is 0 Å². The second-order valence-corrected chi connectivity index (χ2v) is 9.91. The second kappa shape index (κ2) is 12.6. The van der Waals surface area contributed by atoms with Gasteiger partial charge in [-0.2, -0.15) is 0 Å². The summed E-state index contributed by atoms with van der Waals surface area (Å²) >= 11 is 0. The fourth-order valence-corrected chi connectivity index (χ4v) is 4.78. The summed E-state index contributed by atoms with van der Waals surface area (Å²) in [5.74, 6) is -0.0952. The predicted molar refractivity (Wildman–Crippen MR) is 152 cm³/mol. The average Bonchev–Trinajstić information content (AvgIpc) is 3.18. The smallest absolute Gasteiger partial charge is 0.295 e. The van der Waals surface area contributed by atoms with Gasteiger partial charge >= 0.3 is 0 Å². The van der Waals surface area contributed by atoms with Crippen LogP contribution in [0.4, 0.5) is 0 Å². The number of amides is 1. The Morgan fingerprint density at radius 3 is 2.33 bits per heavy atom. The van der Waals surface area contributed by atoms with Gasteiger partial charge in [-0.15, -0.1) is 0 Å². The molecule has 1 saturated heterocycles. The minimum Gasteiger partial charge on any atom is -0.507 e. The summed E-state index contributed by atoms with van der Waals surface area (Å²) in [4.78, 5) is 30.1. The monoisotopic (exact) mass is 528 g/mol. The van der Waals surface area contributed by atoms with Gasteiger partial charge in [0, 0.05) is 12.1 Å². The van der Waals surface area contributed by atoms with Gasteiger partial charge in [0.1, 0.15) is 23.9 Å². The highest BCUT2D eigenvalue weighted by atomic mass is 16.5. The largest absolute Gasteiger partial charge is 0.507 e. The molecule has 0 bridgehead atoms. The van der Waals surface area contributed by atoms with Gasteiger partial charge in [0.25, 0.3) is 11.7 Å². The zero-order valence-corrected chi connectivity index (χ0v) is 23.0. The lowest BCUT2D eigenvalue weighted by Gasteiger charge is -2.26. The number of ketones is 1. The Morgan fingerprint density at radius 1 is 0.974 bits per heavy atom. The molecule has 0 spiro atoms. The van der Waals surface area contributed by atoms with Crippen LogP contribution in [0.2, 0.25) is 0 Å². The summed E-state index contributed by atoms with van der Waals surface area (Å²) in [7, 11) is 3.93. The van der Waals surface area contributed by atoms with Gasteiger partial charge in [-0.25, -0.2) is 0 Å². The SMILES string of the molecule is CCOc1ccc([C@H]2C(=C(O)c3ccc(OCc4ccccc4)c(C)c3)C(=O)C(=O)N2CCCN(C)C)cc1. The molecule has 0 aliphatic carbocycles. The van der Waals surface area contributed by atoms with Gasteiger partial charge in [0.05, 0.1) is 18.2 Å². The Kier molecular flexibility index (Phi) is 9.04. The highest BCUT2D eigenvalue weighted by Gasteiger charge is 2.45. The zero-order chi connectivity index (χ0) is 27.9. The van der Waals surface area contributed by atoms with Gasteiger partial charge in [-0.3, -0.25) is 9.59 Å². The summed E-state index contributed by atoms with van der Waals surface area (Å²) in [6, 6.07) is 21.8. The topological polar surface area (TPSA) is 79.3 Å². The van der Waals surface area contributed by atoms with E-state index in [4.69, 9.17) is 9.47 Å². The summed E-state index contributed by atoms with van der Waals surface area (Å²) in [6.07, 6.45) is 0.695. The summed E-state index contributed by atoms with van der Waals surface area (Å²) in [6.45, 7) is 5.91. The molecule has 4 rings (SSSR count). The van der Waals surface area contributed by atoms with E-state index in [1.54, 1.807) is 23.1 Å². The number of aryl methyl sites for hydroxylation is 1. The molecule has 7 nitrogen and oxygen atoms in total. The molecule has 3 aromatic carbocycles. The molecule has 0 radical (unpaired) electrons. The van der Waals surface area contributed by atoms with Crippen LogP contribution in [0, 0.1) is 6.92 Å². The quantitative estimate of drug-likeness (QED) is 0.205. The Hall–Kier alpha value is -4.10. The molecule has 1 aliphatic rings. The molecular weight excluding hydrogens is 492 g/mol. The number of ether oxygens (including phenoxy) is 2. The predicted octanol–water partition coefficient (Wildman–Crippen LogP) is 5.35. The number of benzene rings is 3. The van der Waals surface area contributed by atoms with Crippen molar-refractivity contribution in [1.82, 2.24) is 9.80 Å². The van der Waals surface area contributed by atoms with Crippen LogP contribution in [-0.4, -0.2) is 60.4 Å². The summed E-state index contributed by atoms with van der Waals surface area (Å²) in [5, 5.41) is 11.4. The van der Waals surface area contributed by atoms with E-state index in [1.165, 1.54) is 0 Å². The minimum atomic E-state index is -0.697. The molecule has 39 heavy (non-hydrogen) atoms. The zero-order valence-electron chi connectivity index (χ0n) is 23.0. The van der Waals surface area contributed by atoms with Crippen LogP contribution >= 0.6 is 0 Å². The summed E-state index contributed by atoms with van der Waals surface area (Å²) in [5.41, 5.74) is 3.15. The third-order valence-electron chi connectivity index (χ3n) is 6.74. The Morgan fingerprint density at radius 2 is 1.69 bits per heavy atom. The van der Waals surface area contributed by atoms with E-state index in [9.17, 15) is 14.7 Å². The van der Waals surface area contributed by atoms with Crippen molar-refractivity contribution < 1.29 is 24.2 Å². The minimum absolute atomic E-state index is 0.0892. The van der Waals surface area contributed by atoms with E-state index < -0.39 is 17.7 Å². The van der Waals surface area contributed by atoms with E-state index in [1.807, 2.05) is 87.4 Å². The standard InChI is InChI=1S/C32H36N2O5/c1-5-38-26-15-12-24(13-16-26)29-28(31(36)32(37)34(29)19-9-18-33(3)4)30(35)25-14-17-27(22(2)20-25)39-21-23-10-7-6-8-11-23/h6-8,10-17,20,29,35H,5,9,18-19,21H2,1-4H3/t29-/m0/s1. The van der Waals surface area contributed by atoms with Gasteiger partial charge in [0.15, 0.2) is 0 Å². The molecule has 1 heterocycles. The van der Waals surface area contributed by atoms with Crippen molar-refractivity contribution in [3.8, 4) is 11.5 Å². The molecule has 204 valence electrons. The molecule has 1 N–H and O–H groups in total. The number of hydrogen-bond donors (Lipinski definition) is 1. The molecule has 0 aromatic heterocycles. The molecule has 0 saturated carbocycles. The molecule has 7 heteroatoms. The number of hydrogen-bond acceptors (Lipinski definition) is 6. The van der Waals surface area contributed by atoms with Crippen LogP contribution in [0.15, 0.2) is 78.4 Å². The fourth-order valence-electron chi connectivity index (χ4n) is 4.78. The number of aliphatic hydroxyl groups excluding tert-OH is 1. The normalized spacial score (nSPS) is 16.6. The molecule has 1 amide bonds. The average molecular weight is 529 g/mol. The van der Waals surface area contributed by atoms with Crippen molar-refractivity contribution in [2.75, 3.05) is 33.8 Å². The number of likely N-dealkylation sites (tertiary alicyclic amines) is 1. The molecule has 0 unspecified atom stereocenters. The van der Waals surface area contributed by atoms with Crippen LogP contribution < -0.4 is 9.47 Å². The molecular formula is C32H36N2O5. The highest BCUT2D eigenvalue weighted by molar-refractivity contribution is 6.46. The van der Waals surface area contributed by atoms with E-state index in [2.05, 4.69) is 0 Å². The third-order valence-corrected chi connectivity index (χ3v) is 6.74. The van der Waals surface area contributed by atoms with Crippen molar-refractivity contribution in [3.63, 3.8) is 0 Å². The maximum Gasteiger partial charge on any atom is 0.295 e. The van der Waals surface area contributed by atoms with Crippen LogP contribution in [-0.2, 0) is 16.2 Å².